The van der Waals surface area contributed by atoms with Crippen LogP contribution in [0.2, 0.25) is 0 Å². The highest BCUT2D eigenvalue weighted by molar-refractivity contribution is 7.20. The van der Waals surface area contributed by atoms with E-state index in [2.05, 4.69) is 5.32 Å². The largest absolute Gasteiger partial charge is 0.379 e. The molecule has 1 amide bonds. The lowest BCUT2D eigenvalue weighted by Gasteiger charge is -2.07. The van der Waals surface area contributed by atoms with E-state index >= 15 is 0 Å². The Labute approximate surface area is 121 Å². The van der Waals surface area contributed by atoms with Crippen molar-refractivity contribution < 1.29 is 13.9 Å². The molecule has 0 aliphatic carbocycles. The van der Waals surface area contributed by atoms with Crippen molar-refractivity contribution in [3.8, 4) is 0 Å². The average Bonchev–Trinajstić information content (AvgIpc) is 2.83. The molecule has 2 aromatic rings. The fourth-order valence-corrected chi connectivity index (χ4v) is 2.81. The van der Waals surface area contributed by atoms with Gasteiger partial charge >= 0.3 is 0 Å². The van der Waals surface area contributed by atoms with Crippen molar-refractivity contribution in [1.82, 2.24) is 5.32 Å². The first-order valence-electron chi connectivity index (χ1n) is 6.66. The number of fused-ring (bicyclic) bond motifs is 1. The van der Waals surface area contributed by atoms with Gasteiger partial charge in [-0.2, -0.15) is 0 Å². The average molecular weight is 295 g/mol. The SMILES string of the molecule is CC(C)OCCCNC(=O)c1cc2c(F)cccc2s1. The Bertz CT molecular complexity index is 595. The summed E-state index contributed by atoms with van der Waals surface area (Å²) in [5, 5.41) is 3.33. The van der Waals surface area contributed by atoms with Crippen LogP contribution in [0.4, 0.5) is 4.39 Å². The summed E-state index contributed by atoms with van der Waals surface area (Å²) in [5.41, 5.74) is 0. The minimum Gasteiger partial charge on any atom is -0.379 e. The Morgan fingerprint density at radius 1 is 1.45 bits per heavy atom. The van der Waals surface area contributed by atoms with Gasteiger partial charge in [-0.05, 0) is 38.5 Å². The Morgan fingerprint density at radius 3 is 2.95 bits per heavy atom. The van der Waals surface area contributed by atoms with Crippen molar-refractivity contribution in [3.63, 3.8) is 0 Å². The predicted octanol–water partition coefficient (Wildman–Crippen LogP) is 3.59. The highest BCUT2D eigenvalue weighted by Crippen LogP contribution is 2.27. The number of hydrogen-bond acceptors (Lipinski definition) is 3. The van der Waals surface area contributed by atoms with Crippen LogP contribution in [0.5, 0.6) is 0 Å². The van der Waals surface area contributed by atoms with E-state index in [4.69, 9.17) is 4.74 Å². The van der Waals surface area contributed by atoms with E-state index in [9.17, 15) is 9.18 Å². The monoisotopic (exact) mass is 295 g/mol. The number of nitrogens with one attached hydrogen (secondary N) is 1. The molecule has 0 saturated carbocycles. The Balaban J connectivity index is 1.90. The molecule has 1 heterocycles. The fourth-order valence-electron chi connectivity index (χ4n) is 1.82. The summed E-state index contributed by atoms with van der Waals surface area (Å²) in [6, 6.07) is 6.48. The molecule has 1 aromatic heterocycles. The maximum absolute atomic E-state index is 13.5. The van der Waals surface area contributed by atoms with E-state index in [-0.39, 0.29) is 17.8 Å². The van der Waals surface area contributed by atoms with Crippen molar-refractivity contribution in [2.75, 3.05) is 13.2 Å². The van der Waals surface area contributed by atoms with Gasteiger partial charge < -0.3 is 10.1 Å². The topological polar surface area (TPSA) is 38.3 Å². The normalized spacial score (nSPS) is 11.2. The molecular formula is C15H18FNO2S. The number of benzene rings is 1. The van der Waals surface area contributed by atoms with Crippen LogP contribution in [0.15, 0.2) is 24.3 Å². The van der Waals surface area contributed by atoms with Gasteiger partial charge in [-0.25, -0.2) is 4.39 Å². The van der Waals surface area contributed by atoms with Gasteiger partial charge in [-0.15, -0.1) is 11.3 Å². The van der Waals surface area contributed by atoms with Crippen LogP contribution in [0.3, 0.4) is 0 Å². The van der Waals surface area contributed by atoms with Crippen LogP contribution in [0, 0.1) is 5.82 Å². The number of hydrogen-bond donors (Lipinski definition) is 1. The van der Waals surface area contributed by atoms with E-state index in [1.54, 1.807) is 12.1 Å². The van der Waals surface area contributed by atoms with Gasteiger partial charge in [0.1, 0.15) is 5.82 Å². The van der Waals surface area contributed by atoms with E-state index in [1.807, 2.05) is 19.9 Å². The Kier molecular flexibility index (Phi) is 5.09. The molecule has 0 aliphatic rings. The van der Waals surface area contributed by atoms with Crippen LogP contribution in [0.1, 0.15) is 29.9 Å². The number of carbonyl (C=O) groups excluding carboxylic acids is 1. The van der Waals surface area contributed by atoms with Gasteiger partial charge in [0.2, 0.25) is 0 Å². The Hall–Kier alpha value is -1.46. The maximum atomic E-state index is 13.5. The van der Waals surface area contributed by atoms with E-state index < -0.39 is 0 Å². The summed E-state index contributed by atoms with van der Waals surface area (Å²) in [7, 11) is 0. The van der Waals surface area contributed by atoms with Gasteiger partial charge in [-0.1, -0.05) is 6.07 Å². The van der Waals surface area contributed by atoms with Gasteiger partial charge in [0.25, 0.3) is 5.91 Å². The first-order valence-corrected chi connectivity index (χ1v) is 7.47. The second-order valence-corrected chi connectivity index (χ2v) is 5.88. The molecule has 2 rings (SSSR count). The number of thiophene rings is 1. The first kappa shape index (κ1) is 14.9. The molecule has 0 atom stereocenters. The molecule has 20 heavy (non-hydrogen) atoms. The molecule has 3 nitrogen and oxygen atoms in total. The Morgan fingerprint density at radius 2 is 2.25 bits per heavy atom. The summed E-state index contributed by atoms with van der Waals surface area (Å²) in [6.45, 7) is 5.13. The van der Waals surface area contributed by atoms with Crippen LogP contribution in [-0.4, -0.2) is 25.2 Å². The van der Waals surface area contributed by atoms with Crippen LogP contribution in [-0.2, 0) is 4.74 Å². The van der Waals surface area contributed by atoms with E-state index in [0.29, 0.717) is 23.4 Å². The molecule has 0 saturated heterocycles. The summed E-state index contributed by atoms with van der Waals surface area (Å²) in [4.78, 5) is 12.5. The second kappa shape index (κ2) is 6.81. The fraction of sp³-hybridized carbons (Fsp3) is 0.400. The number of ether oxygens (including phenoxy) is 1. The molecule has 0 unspecified atom stereocenters. The van der Waals surface area contributed by atoms with E-state index in [0.717, 1.165) is 11.1 Å². The number of rotatable bonds is 6. The molecule has 108 valence electrons. The summed E-state index contributed by atoms with van der Waals surface area (Å²) < 4.78 is 19.7. The third-order valence-electron chi connectivity index (χ3n) is 2.79. The highest BCUT2D eigenvalue weighted by Gasteiger charge is 2.11. The third kappa shape index (κ3) is 3.77. The summed E-state index contributed by atoms with van der Waals surface area (Å²) >= 11 is 1.30. The van der Waals surface area contributed by atoms with Crippen molar-refractivity contribution in [3.05, 3.63) is 35.0 Å². The van der Waals surface area contributed by atoms with Gasteiger partial charge in [0, 0.05) is 23.2 Å². The number of halogens is 1. The molecule has 0 spiro atoms. The van der Waals surface area contributed by atoms with Crippen molar-refractivity contribution in [2.45, 2.75) is 26.4 Å². The molecule has 5 heteroatoms. The molecule has 0 aliphatic heterocycles. The smallest absolute Gasteiger partial charge is 0.261 e. The lowest BCUT2D eigenvalue weighted by Crippen LogP contribution is -2.24. The molecule has 0 radical (unpaired) electrons. The highest BCUT2D eigenvalue weighted by atomic mass is 32.1. The first-order chi connectivity index (χ1) is 9.58. The maximum Gasteiger partial charge on any atom is 0.261 e. The van der Waals surface area contributed by atoms with Crippen LogP contribution in [0.25, 0.3) is 10.1 Å². The third-order valence-corrected chi connectivity index (χ3v) is 3.89. The molecule has 0 fully saturated rings. The predicted molar refractivity (Wildman–Crippen MR) is 79.8 cm³/mol. The van der Waals surface area contributed by atoms with Gasteiger partial charge in [0.05, 0.1) is 11.0 Å². The second-order valence-electron chi connectivity index (χ2n) is 4.79. The summed E-state index contributed by atoms with van der Waals surface area (Å²) in [6.07, 6.45) is 0.972. The van der Waals surface area contributed by atoms with Crippen LogP contribution >= 0.6 is 11.3 Å². The molecule has 1 N–H and O–H groups in total. The minimum absolute atomic E-state index is 0.157. The van der Waals surface area contributed by atoms with Crippen LogP contribution < -0.4 is 5.32 Å². The molecule has 1 aromatic carbocycles. The quantitative estimate of drug-likeness (QED) is 0.827. The zero-order chi connectivity index (χ0) is 14.5. The number of amides is 1. The lowest BCUT2D eigenvalue weighted by molar-refractivity contribution is 0.0757. The number of carbonyl (C=O) groups is 1. The zero-order valence-corrected chi connectivity index (χ0v) is 12.4. The summed E-state index contributed by atoms with van der Waals surface area (Å²) in [5.74, 6) is -0.446. The zero-order valence-electron chi connectivity index (χ0n) is 11.6. The van der Waals surface area contributed by atoms with Gasteiger partial charge in [0.15, 0.2) is 0 Å². The van der Waals surface area contributed by atoms with Crippen molar-refractivity contribution >= 4 is 27.3 Å². The van der Waals surface area contributed by atoms with E-state index in [1.165, 1.54) is 17.4 Å². The molecule has 0 bridgehead atoms. The lowest BCUT2D eigenvalue weighted by atomic mass is 10.2. The standard InChI is InChI=1S/C15H18FNO2S/c1-10(2)19-8-4-7-17-15(18)14-9-11-12(16)5-3-6-13(11)20-14/h3,5-6,9-10H,4,7-8H2,1-2H3,(H,17,18). The minimum atomic E-state index is -0.289. The van der Waals surface area contributed by atoms with Crippen molar-refractivity contribution in [2.24, 2.45) is 0 Å². The van der Waals surface area contributed by atoms with Crippen molar-refractivity contribution in [1.29, 1.82) is 0 Å². The molecular weight excluding hydrogens is 277 g/mol. The van der Waals surface area contributed by atoms with Gasteiger partial charge in [-0.3, -0.25) is 4.79 Å².